The zero-order valence-electron chi connectivity index (χ0n) is 24.7. The van der Waals surface area contributed by atoms with Gasteiger partial charge in [-0.15, -0.1) is 0 Å². The van der Waals surface area contributed by atoms with Gasteiger partial charge in [0.1, 0.15) is 24.0 Å². The van der Waals surface area contributed by atoms with Gasteiger partial charge in [-0.3, -0.25) is 23.7 Å². The lowest BCUT2D eigenvalue weighted by Gasteiger charge is -2.25. The third-order valence-electron chi connectivity index (χ3n) is 7.40. The molecule has 1 aliphatic rings. The van der Waals surface area contributed by atoms with Crippen LogP contribution in [0.2, 0.25) is 0 Å². The normalized spacial score (nSPS) is 24.0. The first-order valence-electron chi connectivity index (χ1n) is 13.9. The van der Waals surface area contributed by atoms with E-state index in [1.807, 2.05) is 40.9 Å². The van der Waals surface area contributed by atoms with Crippen LogP contribution in [-0.4, -0.2) is 61.8 Å². The Labute approximate surface area is 251 Å². The number of benzene rings is 2. The number of H-pyrrole nitrogens is 1. The average molecular weight is 633 g/mol. The van der Waals surface area contributed by atoms with E-state index in [4.69, 9.17) is 18.5 Å². The number of rotatable bonds is 10. The van der Waals surface area contributed by atoms with Crippen molar-refractivity contribution in [3.63, 3.8) is 0 Å². The van der Waals surface area contributed by atoms with Crippen LogP contribution in [0.3, 0.4) is 0 Å². The number of esters is 1. The van der Waals surface area contributed by atoms with Gasteiger partial charge in [0.25, 0.3) is 5.56 Å². The molecule has 2 aromatic carbocycles. The molecule has 4 aromatic rings. The summed E-state index contributed by atoms with van der Waals surface area (Å²) in [7, 11) is -2.56. The number of hydrogen-bond donors (Lipinski definition) is 3. The van der Waals surface area contributed by atoms with Crippen LogP contribution in [0.5, 0.6) is 5.75 Å². The minimum atomic E-state index is -4.44. The maximum absolute atomic E-state index is 15.7. The summed E-state index contributed by atoms with van der Waals surface area (Å²) in [5.41, 5.74) is -2.40. The Morgan fingerprint density at radius 1 is 1.16 bits per heavy atom. The SMILES string of the molecule is CC(C)OC(=O)[C@H](C)NP(=O)(OC[C@H]1O[C@@H](n2ccc(=O)[nH]c2=O)[C@](C)(F)[C@@H]1O)Oc1ccc2c3ccccc3n(C)c2c1. The molecule has 44 heavy (non-hydrogen) atoms. The van der Waals surface area contributed by atoms with Crippen molar-refractivity contribution in [1.82, 2.24) is 19.2 Å². The number of alkyl halides is 1. The molecule has 0 spiro atoms. The van der Waals surface area contributed by atoms with Crippen LogP contribution in [0.15, 0.2) is 64.3 Å². The molecular formula is C29H34FN4O9P. The Morgan fingerprint density at radius 2 is 1.86 bits per heavy atom. The highest BCUT2D eigenvalue weighted by Gasteiger charge is 2.56. The predicted octanol–water partition coefficient (Wildman–Crippen LogP) is 3.30. The van der Waals surface area contributed by atoms with Crippen LogP contribution in [-0.2, 0) is 30.4 Å². The number of carbonyl (C=O) groups excluding carboxylic acids is 1. The van der Waals surface area contributed by atoms with Crippen LogP contribution in [0.25, 0.3) is 21.8 Å². The van der Waals surface area contributed by atoms with E-state index in [9.17, 15) is 24.1 Å². The number of nitrogens with zero attached hydrogens (tertiary/aromatic N) is 2. The molecule has 0 saturated carbocycles. The number of halogens is 1. The van der Waals surface area contributed by atoms with Crippen molar-refractivity contribution >= 4 is 35.5 Å². The fraction of sp³-hybridized carbons (Fsp3) is 0.414. The maximum Gasteiger partial charge on any atom is 0.459 e. The molecule has 1 fully saturated rings. The molecule has 2 aromatic heterocycles. The zero-order valence-corrected chi connectivity index (χ0v) is 25.6. The molecule has 5 rings (SSSR count). The number of aliphatic hydroxyl groups is 1. The van der Waals surface area contributed by atoms with Crippen LogP contribution in [0, 0.1) is 0 Å². The number of carbonyl (C=O) groups is 1. The quantitative estimate of drug-likeness (QED) is 0.175. The fourth-order valence-corrected chi connectivity index (χ4v) is 6.68. The summed E-state index contributed by atoms with van der Waals surface area (Å²) in [6, 6.07) is 12.7. The van der Waals surface area contributed by atoms with E-state index in [1.54, 1.807) is 32.0 Å². The Hall–Kier alpha value is -3.81. The van der Waals surface area contributed by atoms with Gasteiger partial charge in [0.05, 0.1) is 18.2 Å². The second kappa shape index (κ2) is 11.9. The van der Waals surface area contributed by atoms with Gasteiger partial charge in [0.15, 0.2) is 11.9 Å². The number of aromatic amines is 1. The molecule has 0 radical (unpaired) electrons. The van der Waals surface area contributed by atoms with Crippen LogP contribution >= 0.6 is 7.75 Å². The van der Waals surface area contributed by atoms with Crippen molar-refractivity contribution in [2.75, 3.05) is 6.61 Å². The number of aromatic nitrogens is 3. The molecule has 13 nitrogen and oxygen atoms in total. The molecule has 1 unspecified atom stereocenters. The van der Waals surface area contributed by atoms with Crippen molar-refractivity contribution in [3.05, 3.63) is 75.6 Å². The Bertz CT molecular complexity index is 1870. The van der Waals surface area contributed by atoms with Crippen molar-refractivity contribution < 1.29 is 37.4 Å². The molecule has 0 bridgehead atoms. The van der Waals surface area contributed by atoms with Crippen molar-refractivity contribution in [2.45, 2.75) is 63.9 Å². The topological polar surface area (TPSA) is 163 Å². The van der Waals surface area contributed by atoms with Crippen molar-refractivity contribution in [1.29, 1.82) is 0 Å². The highest BCUT2D eigenvalue weighted by atomic mass is 31.2. The first-order valence-corrected chi connectivity index (χ1v) is 15.5. The number of aliphatic hydroxyl groups excluding tert-OH is 1. The summed E-state index contributed by atoms with van der Waals surface area (Å²) in [5, 5.41) is 15.3. The number of para-hydroxylation sites is 1. The monoisotopic (exact) mass is 632 g/mol. The van der Waals surface area contributed by atoms with E-state index < -0.39 is 67.8 Å². The third kappa shape index (κ3) is 6.08. The first kappa shape index (κ1) is 31.6. The maximum atomic E-state index is 15.7. The second-order valence-corrected chi connectivity index (χ2v) is 12.8. The van der Waals surface area contributed by atoms with Gasteiger partial charge in [-0.25, -0.2) is 13.8 Å². The molecule has 15 heteroatoms. The molecule has 1 aliphatic heterocycles. The number of aryl methyl sites for hydroxylation is 1. The number of ether oxygens (including phenoxy) is 2. The molecular weight excluding hydrogens is 598 g/mol. The summed E-state index contributed by atoms with van der Waals surface area (Å²) in [5.74, 6) is -0.577. The minimum absolute atomic E-state index is 0.143. The number of hydrogen-bond acceptors (Lipinski definition) is 9. The van der Waals surface area contributed by atoms with E-state index in [2.05, 4.69) is 5.09 Å². The highest BCUT2D eigenvalue weighted by molar-refractivity contribution is 7.52. The summed E-state index contributed by atoms with van der Waals surface area (Å²) < 4.78 is 55.0. The zero-order chi connectivity index (χ0) is 32.0. The molecule has 236 valence electrons. The molecule has 3 N–H and O–H groups in total. The van der Waals surface area contributed by atoms with Gasteiger partial charge < -0.3 is 23.7 Å². The molecule has 1 saturated heterocycles. The fourth-order valence-electron chi connectivity index (χ4n) is 5.18. The largest absolute Gasteiger partial charge is 0.462 e. The van der Waals surface area contributed by atoms with Crippen LogP contribution in [0.1, 0.15) is 33.9 Å². The minimum Gasteiger partial charge on any atom is -0.462 e. The van der Waals surface area contributed by atoms with Gasteiger partial charge >= 0.3 is 19.4 Å². The van der Waals surface area contributed by atoms with Gasteiger partial charge in [0.2, 0.25) is 0 Å². The average Bonchev–Trinajstić information content (AvgIpc) is 3.36. The van der Waals surface area contributed by atoms with Crippen molar-refractivity contribution in [3.8, 4) is 5.75 Å². The van der Waals surface area contributed by atoms with Crippen LogP contribution in [0.4, 0.5) is 4.39 Å². The van der Waals surface area contributed by atoms with Gasteiger partial charge in [-0.2, -0.15) is 5.09 Å². The summed E-state index contributed by atoms with van der Waals surface area (Å²) in [4.78, 5) is 38.4. The van der Waals surface area contributed by atoms with E-state index in [0.29, 0.717) is 0 Å². The lowest BCUT2D eigenvalue weighted by atomic mass is 9.98. The first-order chi connectivity index (χ1) is 20.7. The third-order valence-corrected chi connectivity index (χ3v) is 9.04. The predicted molar refractivity (Wildman–Crippen MR) is 159 cm³/mol. The number of nitrogens with one attached hydrogen (secondary N) is 2. The standard InChI is InChI=1S/C29H34FN4O9P/c1-16(2)41-26(37)17(3)32-44(39,43-18-10-11-20-19-8-6-7-9-21(19)33(5)22(20)14-18)40-15-23-25(36)29(4,30)27(42-23)34-13-12-24(35)31-28(34)38/h6-14,16-17,23,25,27,36H,15H2,1-5H3,(H,32,39)(H,31,35,38)/t17-,23+,25+,27+,29+,44?/m0/s1. The summed E-state index contributed by atoms with van der Waals surface area (Å²) in [6.07, 6.45) is -4.31. The summed E-state index contributed by atoms with van der Waals surface area (Å²) in [6.45, 7) is 5.09. The van der Waals surface area contributed by atoms with Gasteiger partial charge in [-0.1, -0.05) is 18.2 Å². The van der Waals surface area contributed by atoms with Crippen molar-refractivity contribution in [2.24, 2.45) is 7.05 Å². The highest BCUT2D eigenvalue weighted by Crippen LogP contribution is 2.48. The van der Waals surface area contributed by atoms with E-state index in [0.717, 1.165) is 45.6 Å². The van der Waals surface area contributed by atoms with E-state index >= 15 is 4.39 Å². The summed E-state index contributed by atoms with van der Waals surface area (Å²) >= 11 is 0. The lowest BCUT2D eigenvalue weighted by molar-refractivity contribution is -0.149. The lowest BCUT2D eigenvalue weighted by Crippen LogP contribution is -2.43. The van der Waals surface area contributed by atoms with Crippen LogP contribution < -0.4 is 20.9 Å². The Kier molecular flexibility index (Phi) is 8.58. The Balaban J connectivity index is 1.42. The molecule has 3 heterocycles. The van der Waals surface area contributed by atoms with E-state index in [1.165, 1.54) is 6.92 Å². The molecule has 0 amide bonds. The van der Waals surface area contributed by atoms with Gasteiger partial charge in [0, 0.05) is 41.7 Å². The molecule has 0 aliphatic carbocycles. The van der Waals surface area contributed by atoms with E-state index in [-0.39, 0.29) is 5.75 Å². The number of fused-ring (bicyclic) bond motifs is 3. The smallest absolute Gasteiger partial charge is 0.459 e. The Morgan fingerprint density at radius 3 is 2.57 bits per heavy atom. The second-order valence-electron chi connectivity index (χ2n) is 11.1. The van der Waals surface area contributed by atoms with Gasteiger partial charge in [-0.05, 0) is 45.9 Å². The molecule has 6 atom stereocenters.